The van der Waals surface area contributed by atoms with Crippen LogP contribution in [0.3, 0.4) is 0 Å². The van der Waals surface area contributed by atoms with E-state index in [1.54, 1.807) is 6.92 Å². The Balaban J connectivity index is 2.38. The largest absolute Gasteiger partial charge is 0.462 e. The second kappa shape index (κ2) is 5.56. The van der Waals surface area contributed by atoms with E-state index in [1.165, 1.54) is 4.57 Å². The van der Waals surface area contributed by atoms with Crippen molar-refractivity contribution in [2.75, 3.05) is 6.61 Å². The van der Waals surface area contributed by atoms with Gasteiger partial charge in [-0.05, 0) is 13.0 Å². The SMILES string of the molecule is CCOC(=O)c1cn([C@@H]2C[C@@H]2F)c2c(Cl)c(F)c(F)cc2c1=O. The van der Waals surface area contributed by atoms with E-state index in [2.05, 4.69) is 0 Å². The number of esters is 1. The predicted molar refractivity (Wildman–Crippen MR) is 77.6 cm³/mol. The zero-order chi connectivity index (χ0) is 16.9. The highest BCUT2D eigenvalue weighted by Crippen LogP contribution is 2.42. The van der Waals surface area contributed by atoms with Crippen LogP contribution in [0.5, 0.6) is 0 Å². The quantitative estimate of drug-likeness (QED) is 0.633. The predicted octanol–water partition coefficient (Wildman–Crippen LogP) is 3.39. The minimum atomic E-state index is -1.33. The van der Waals surface area contributed by atoms with E-state index >= 15 is 0 Å². The molecule has 1 fully saturated rings. The molecule has 0 radical (unpaired) electrons. The first-order valence-electron chi connectivity index (χ1n) is 6.90. The third-order valence-electron chi connectivity index (χ3n) is 3.69. The Morgan fingerprint density at radius 1 is 1.48 bits per heavy atom. The van der Waals surface area contributed by atoms with Crippen LogP contribution >= 0.6 is 11.6 Å². The standard InChI is InChI=1S/C15H11ClF3NO3/c1-2-23-15(22)7-5-20(10-4-8(10)17)13-6(14(7)21)3-9(18)12(19)11(13)16/h3,5,8,10H,2,4H2,1H3/t8-,10+/m0/s1. The van der Waals surface area contributed by atoms with E-state index in [4.69, 9.17) is 16.3 Å². The van der Waals surface area contributed by atoms with Crippen molar-refractivity contribution in [3.05, 3.63) is 44.7 Å². The molecule has 8 heteroatoms. The first-order chi connectivity index (χ1) is 10.9. The van der Waals surface area contributed by atoms with E-state index < -0.39 is 40.3 Å². The third-order valence-corrected chi connectivity index (χ3v) is 4.03. The van der Waals surface area contributed by atoms with Crippen LogP contribution in [0.1, 0.15) is 29.7 Å². The molecule has 0 bridgehead atoms. The van der Waals surface area contributed by atoms with Crippen LogP contribution < -0.4 is 5.43 Å². The van der Waals surface area contributed by atoms with Crippen LogP contribution in [0.15, 0.2) is 17.1 Å². The van der Waals surface area contributed by atoms with Gasteiger partial charge in [0, 0.05) is 12.6 Å². The number of fused-ring (bicyclic) bond motifs is 1. The molecule has 1 aliphatic carbocycles. The minimum absolute atomic E-state index is 0.0318. The molecular formula is C15H11ClF3NO3. The van der Waals surface area contributed by atoms with Gasteiger partial charge >= 0.3 is 5.97 Å². The lowest BCUT2D eigenvalue weighted by Crippen LogP contribution is -2.21. The molecule has 3 rings (SSSR count). The number of rotatable bonds is 3. The smallest absolute Gasteiger partial charge is 0.343 e. The van der Waals surface area contributed by atoms with Crippen molar-refractivity contribution in [1.29, 1.82) is 0 Å². The molecule has 1 aromatic heterocycles. The van der Waals surface area contributed by atoms with Gasteiger partial charge in [-0.15, -0.1) is 0 Å². The average molecular weight is 346 g/mol. The molecule has 1 heterocycles. The van der Waals surface area contributed by atoms with Gasteiger partial charge in [0.2, 0.25) is 5.43 Å². The minimum Gasteiger partial charge on any atom is -0.462 e. The fraction of sp³-hybridized carbons (Fsp3) is 0.333. The number of alkyl halides is 1. The number of ether oxygens (including phenoxy) is 1. The molecule has 0 saturated heterocycles. The van der Waals surface area contributed by atoms with Crippen molar-refractivity contribution in [1.82, 2.24) is 4.57 Å². The lowest BCUT2D eigenvalue weighted by atomic mass is 10.1. The molecule has 4 nitrogen and oxygen atoms in total. The summed E-state index contributed by atoms with van der Waals surface area (Å²) in [6.45, 7) is 1.59. The molecule has 0 spiro atoms. The molecule has 1 aromatic carbocycles. The van der Waals surface area contributed by atoms with E-state index in [-0.39, 0.29) is 29.5 Å². The number of carbonyl (C=O) groups excluding carboxylic acids is 1. The summed E-state index contributed by atoms with van der Waals surface area (Å²) in [5.41, 5.74) is -1.35. The van der Waals surface area contributed by atoms with Crippen molar-refractivity contribution < 1.29 is 22.7 Å². The topological polar surface area (TPSA) is 48.3 Å². The maximum Gasteiger partial charge on any atom is 0.343 e. The van der Waals surface area contributed by atoms with E-state index in [0.29, 0.717) is 6.07 Å². The maximum absolute atomic E-state index is 13.7. The van der Waals surface area contributed by atoms with Crippen LogP contribution in [0, 0.1) is 11.6 Å². The number of aromatic nitrogens is 1. The molecule has 0 unspecified atom stereocenters. The van der Waals surface area contributed by atoms with Crippen molar-refractivity contribution in [3.8, 4) is 0 Å². The van der Waals surface area contributed by atoms with Crippen LogP contribution in [0.4, 0.5) is 13.2 Å². The number of carbonyl (C=O) groups is 1. The summed E-state index contributed by atoms with van der Waals surface area (Å²) in [6.07, 6.45) is 0.0195. The first-order valence-corrected chi connectivity index (χ1v) is 7.28. The number of nitrogens with zero attached hydrogens (tertiary/aromatic N) is 1. The molecule has 1 saturated carbocycles. The molecule has 23 heavy (non-hydrogen) atoms. The summed E-state index contributed by atoms with van der Waals surface area (Å²) < 4.78 is 46.8. The molecule has 0 N–H and O–H groups in total. The molecule has 0 aliphatic heterocycles. The highest BCUT2D eigenvalue weighted by atomic mass is 35.5. The number of hydrogen-bond donors (Lipinski definition) is 0. The summed E-state index contributed by atoms with van der Waals surface area (Å²) in [6, 6.07) is -0.0260. The maximum atomic E-state index is 13.7. The zero-order valence-electron chi connectivity index (χ0n) is 11.9. The van der Waals surface area contributed by atoms with Gasteiger partial charge in [0.25, 0.3) is 0 Å². The van der Waals surface area contributed by atoms with Gasteiger partial charge in [0.1, 0.15) is 16.8 Å². The van der Waals surface area contributed by atoms with Crippen LogP contribution in [-0.4, -0.2) is 23.3 Å². The van der Waals surface area contributed by atoms with E-state index in [1.807, 2.05) is 0 Å². The van der Waals surface area contributed by atoms with Gasteiger partial charge in [-0.25, -0.2) is 18.0 Å². The van der Waals surface area contributed by atoms with Gasteiger partial charge in [-0.3, -0.25) is 4.79 Å². The van der Waals surface area contributed by atoms with Crippen LogP contribution in [0.2, 0.25) is 5.02 Å². The number of pyridine rings is 1. The summed E-state index contributed by atoms with van der Waals surface area (Å²) in [5, 5.41) is -0.912. The summed E-state index contributed by atoms with van der Waals surface area (Å²) in [7, 11) is 0. The average Bonchev–Trinajstić information content (AvgIpc) is 3.23. The molecule has 1 aliphatic rings. The van der Waals surface area contributed by atoms with Crippen molar-refractivity contribution in [3.63, 3.8) is 0 Å². The van der Waals surface area contributed by atoms with E-state index in [9.17, 15) is 22.8 Å². The summed E-state index contributed by atoms with van der Waals surface area (Å²) in [4.78, 5) is 24.3. The Morgan fingerprint density at radius 3 is 2.70 bits per heavy atom. The summed E-state index contributed by atoms with van der Waals surface area (Å²) in [5.74, 6) is -3.56. The lowest BCUT2D eigenvalue weighted by molar-refractivity contribution is 0.0524. The fourth-order valence-corrected chi connectivity index (χ4v) is 2.76. The second-order valence-electron chi connectivity index (χ2n) is 5.20. The van der Waals surface area contributed by atoms with E-state index in [0.717, 1.165) is 6.20 Å². The number of hydrogen-bond acceptors (Lipinski definition) is 3. The number of halogens is 4. The first kappa shape index (κ1) is 15.9. The van der Waals surface area contributed by atoms with Crippen molar-refractivity contribution in [2.45, 2.75) is 25.6 Å². The second-order valence-corrected chi connectivity index (χ2v) is 5.58. The molecule has 122 valence electrons. The third kappa shape index (κ3) is 2.49. The van der Waals surface area contributed by atoms with Crippen molar-refractivity contribution in [2.24, 2.45) is 0 Å². The Hall–Kier alpha value is -2.02. The van der Waals surface area contributed by atoms with Gasteiger partial charge in [0.05, 0.1) is 23.6 Å². The van der Waals surface area contributed by atoms with Gasteiger partial charge in [-0.1, -0.05) is 11.6 Å². The highest BCUT2D eigenvalue weighted by Gasteiger charge is 2.40. The molecule has 2 aromatic rings. The van der Waals surface area contributed by atoms with Gasteiger partial charge < -0.3 is 9.30 Å². The zero-order valence-corrected chi connectivity index (χ0v) is 12.7. The Kier molecular flexibility index (Phi) is 3.83. The molecule has 2 atom stereocenters. The lowest BCUT2D eigenvalue weighted by Gasteiger charge is -2.14. The Labute approximate surface area is 133 Å². The Bertz CT molecular complexity index is 881. The van der Waals surface area contributed by atoms with Crippen LogP contribution in [0.25, 0.3) is 10.9 Å². The van der Waals surface area contributed by atoms with Gasteiger partial charge in [-0.2, -0.15) is 0 Å². The normalized spacial score (nSPS) is 19.9. The molecular weight excluding hydrogens is 335 g/mol. The number of benzene rings is 1. The summed E-state index contributed by atoms with van der Waals surface area (Å²) >= 11 is 5.81. The van der Waals surface area contributed by atoms with Crippen LogP contribution in [-0.2, 0) is 4.74 Å². The van der Waals surface area contributed by atoms with Gasteiger partial charge in [0.15, 0.2) is 11.6 Å². The van der Waals surface area contributed by atoms with Crippen molar-refractivity contribution >= 4 is 28.5 Å². The monoisotopic (exact) mass is 345 g/mol. The molecule has 0 amide bonds. The highest BCUT2D eigenvalue weighted by molar-refractivity contribution is 6.35. The Morgan fingerprint density at radius 2 is 2.13 bits per heavy atom. The fourth-order valence-electron chi connectivity index (χ4n) is 2.47.